The maximum absolute atomic E-state index is 13.7. The van der Waals surface area contributed by atoms with Crippen LogP contribution in [0.5, 0.6) is 29.0 Å². The minimum atomic E-state index is -1.41. The molecule has 1 unspecified atom stereocenters. The molecule has 6 N–H and O–H groups in total. The SMILES string of the molecule is COc1nc(Nc2cccc(C(CCN(C(C)C)C(C)C)(C(N)=O)c3ccccn3)c2)nc(Nc2ccc3c(c2)C(=O)OC32c3ccc(O)cc3Oc3cc(O)ccc32)n1. The minimum absolute atomic E-state index is 0.00929. The van der Waals surface area contributed by atoms with E-state index in [1.54, 1.807) is 42.6 Å². The van der Waals surface area contributed by atoms with Crippen LogP contribution in [-0.2, 0) is 20.5 Å². The molecule has 60 heavy (non-hydrogen) atoms. The summed E-state index contributed by atoms with van der Waals surface area (Å²) in [5.74, 6) is -0.392. The van der Waals surface area contributed by atoms with Crippen molar-refractivity contribution in [1.82, 2.24) is 24.8 Å². The van der Waals surface area contributed by atoms with Crippen molar-refractivity contribution in [2.45, 2.75) is 57.2 Å². The number of nitrogens with two attached hydrogens (primary N) is 1. The van der Waals surface area contributed by atoms with Crippen LogP contribution in [0.4, 0.5) is 23.3 Å². The van der Waals surface area contributed by atoms with E-state index in [1.807, 2.05) is 36.4 Å². The third-order valence-corrected chi connectivity index (χ3v) is 11.0. The van der Waals surface area contributed by atoms with Gasteiger partial charge in [-0.3, -0.25) is 14.7 Å². The predicted octanol–water partition coefficient (Wildman–Crippen LogP) is 7.02. The van der Waals surface area contributed by atoms with Crippen LogP contribution in [0.15, 0.2) is 103 Å². The van der Waals surface area contributed by atoms with Crippen molar-refractivity contribution in [3.63, 3.8) is 0 Å². The summed E-state index contributed by atoms with van der Waals surface area (Å²) in [6.45, 7) is 9.11. The van der Waals surface area contributed by atoms with Gasteiger partial charge in [0.05, 0.1) is 18.4 Å². The van der Waals surface area contributed by atoms with Gasteiger partial charge in [-0.25, -0.2) is 4.79 Å². The van der Waals surface area contributed by atoms with Gasteiger partial charge in [0, 0.05) is 65.0 Å². The predicted molar refractivity (Wildman–Crippen MR) is 223 cm³/mol. The van der Waals surface area contributed by atoms with E-state index in [2.05, 4.69) is 63.2 Å². The Balaban J connectivity index is 1.11. The van der Waals surface area contributed by atoms with Gasteiger partial charge in [0.1, 0.15) is 28.4 Å². The van der Waals surface area contributed by atoms with E-state index >= 15 is 0 Å². The molecule has 1 atom stereocenters. The first kappa shape index (κ1) is 39.6. The topological polar surface area (TPSA) is 207 Å². The normalized spacial score (nSPS) is 14.5. The molecule has 15 heteroatoms. The van der Waals surface area contributed by atoms with Gasteiger partial charge in [0.15, 0.2) is 5.60 Å². The zero-order valence-corrected chi connectivity index (χ0v) is 33.6. The number of anilines is 4. The highest BCUT2D eigenvalue weighted by molar-refractivity contribution is 5.98. The molecule has 306 valence electrons. The fourth-order valence-corrected chi connectivity index (χ4v) is 8.30. The van der Waals surface area contributed by atoms with E-state index in [9.17, 15) is 19.8 Å². The third kappa shape index (κ3) is 6.91. The molecule has 4 aromatic carbocycles. The first-order chi connectivity index (χ1) is 28.8. The van der Waals surface area contributed by atoms with Gasteiger partial charge >= 0.3 is 12.0 Å². The fourth-order valence-electron chi connectivity index (χ4n) is 8.30. The summed E-state index contributed by atoms with van der Waals surface area (Å²) in [6.07, 6.45) is 2.05. The number of primary amides is 1. The van der Waals surface area contributed by atoms with Gasteiger partial charge in [0.2, 0.25) is 17.8 Å². The van der Waals surface area contributed by atoms with Crippen molar-refractivity contribution >= 4 is 35.1 Å². The fraction of sp³-hybridized carbons (Fsp3) is 0.244. The average Bonchev–Trinajstić information content (AvgIpc) is 3.50. The number of carbonyl (C=O) groups excluding carboxylic acids is 2. The lowest BCUT2D eigenvalue weighted by molar-refractivity contribution is -0.122. The Bertz CT molecular complexity index is 2560. The van der Waals surface area contributed by atoms with Gasteiger partial charge in [-0.05, 0) is 100 Å². The van der Waals surface area contributed by atoms with E-state index in [0.717, 1.165) is 0 Å². The second kappa shape index (κ2) is 15.5. The zero-order valence-electron chi connectivity index (χ0n) is 33.6. The third-order valence-electron chi connectivity index (χ3n) is 11.0. The molecule has 2 aliphatic heterocycles. The average molecular weight is 809 g/mol. The number of ether oxygens (including phenoxy) is 3. The van der Waals surface area contributed by atoms with Crippen LogP contribution in [0.3, 0.4) is 0 Å². The van der Waals surface area contributed by atoms with Gasteiger partial charge in [-0.1, -0.05) is 24.3 Å². The van der Waals surface area contributed by atoms with E-state index in [4.69, 9.17) is 19.9 Å². The maximum Gasteiger partial charge on any atom is 0.340 e. The van der Waals surface area contributed by atoms with Crippen LogP contribution in [-0.4, -0.2) is 72.7 Å². The van der Waals surface area contributed by atoms with E-state index in [0.29, 0.717) is 52.3 Å². The molecular weight excluding hydrogens is 765 g/mol. The molecule has 0 radical (unpaired) electrons. The lowest BCUT2D eigenvalue weighted by Gasteiger charge is -2.36. The zero-order chi connectivity index (χ0) is 42.3. The summed E-state index contributed by atoms with van der Waals surface area (Å²) in [4.78, 5) is 47.8. The Hall–Kier alpha value is -7.26. The molecule has 4 heterocycles. The van der Waals surface area contributed by atoms with Crippen LogP contribution in [0.25, 0.3) is 0 Å². The molecule has 1 spiro atoms. The first-order valence-electron chi connectivity index (χ1n) is 19.5. The highest BCUT2D eigenvalue weighted by atomic mass is 16.6. The number of aromatic nitrogens is 4. The number of aromatic hydroxyl groups is 2. The van der Waals surface area contributed by atoms with Crippen molar-refractivity contribution in [2.75, 3.05) is 24.3 Å². The number of benzene rings is 4. The molecule has 0 bridgehead atoms. The summed E-state index contributed by atoms with van der Waals surface area (Å²) in [5.41, 5.74) is 7.70. The van der Waals surface area contributed by atoms with Crippen molar-refractivity contribution < 1.29 is 34.0 Å². The Kier molecular flexibility index (Phi) is 10.2. The summed E-state index contributed by atoms with van der Waals surface area (Å²) < 4.78 is 17.7. The molecule has 2 aliphatic rings. The van der Waals surface area contributed by atoms with Crippen LogP contribution >= 0.6 is 0 Å². The number of carbonyl (C=O) groups is 2. The number of hydrogen-bond acceptors (Lipinski definition) is 14. The maximum atomic E-state index is 13.7. The number of esters is 1. The minimum Gasteiger partial charge on any atom is -0.508 e. The van der Waals surface area contributed by atoms with Crippen LogP contribution in [0, 0.1) is 0 Å². The number of phenols is 2. The number of rotatable bonds is 13. The first-order valence-corrected chi connectivity index (χ1v) is 19.5. The van der Waals surface area contributed by atoms with Gasteiger partial charge < -0.3 is 40.8 Å². The monoisotopic (exact) mass is 808 g/mol. The van der Waals surface area contributed by atoms with Gasteiger partial charge in [0.25, 0.3) is 0 Å². The molecular formula is C45H44N8O7. The van der Waals surface area contributed by atoms with Crippen molar-refractivity contribution in [1.29, 1.82) is 0 Å². The second-order valence-corrected chi connectivity index (χ2v) is 15.3. The Morgan fingerprint density at radius 2 is 1.45 bits per heavy atom. The van der Waals surface area contributed by atoms with Gasteiger partial charge in [-0.2, -0.15) is 15.0 Å². The lowest BCUT2D eigenvalue weighted by Crippen LogP contribution is -2.47. The van der Waals surface area contributed by atoms with Crippen LogP contribution in [0.2, 0.25) is 0 Å². The summed E-state index contributed by atoms with van der Waals surface area (Å²) in [6, 6.07) is 27.6. The molecule has 1 amide bonds. The number of hydrogen-bond donors (Lipinski definition) is 5. The van der Waals surface area contributed by atoms with Crippen molar-refractivity contribution in [3.8, 4) is 29.0 Å². The Labute approximate surface area is 346 Å². The quantitative estimate of drug-likeness (QED) is 0.0744. The van der Waals surface area contributed by atoms with Crippen molar-refractivity contribution in [2.24, 2.45) is 5.73 Å². The molecule has 0 saturated carbocycles. The van der Waals surface area contributed by atoms with Crippen molar-refractivity contribution in [3.05, 3.63) is 137 Å². The summed E-state index contributed by atoms with van der Waals surface area (Å²) in [7, 11) is 1.43. The lowest BCUT2D eigenvalue weighted by atomic mass is 9.73. The van der Waals surface area contributed by atoms with E-state index < -0.39 is 22.9 Å². The highest BCUT2D eigenvalue weighted by Crippen LogP contribution is 2.57. The standard InChI is InChI=1S/C45H44N8O7/c1-25(2)53(26(3)4)20-18-44(40(46)57,38-11-6-7-19-47-38)27-9-8-10-28(21-27)48-41-50-42(52-43(51-41)58-5)49-29-12-15-33-32(22-29)39(56)60-45(33)34-16-13-30(54)23-36(34)59-37-24-31(55)14-17-35(37)45/h6-17,19,21-26,54-55H,18,20H2,1-5H3,(H2,46,57)(H2,48,49,50,51,52). The molecule has 0 fully saturated rings. The smallest absolute Gasteiger partial charge is 0.340 e. The summed E-state index contributed by atoms with van der Waals surface area (Å²) >= 11 is 0. The van der Waals surface area contributed by atoms with Crippen LogP contribution in [0.1, 0.15) is 72.4 Å². The number of nitrogens with zero attached hydrogens (tertiary/aromatic N) is 5. The van der Waals surface area contributed by atoms with E-state index in [1.165, 1.54) is 31.4 Å². The molecule has 8 rings (SSSR count). The number of nitrogens with one attached hydrogen (secondary N) is 2. The molecule has 2 aromatic heterocycles. The highest BCUT2D eigenvalue weighted by Gasteiger charge is 2.54. The molecule has 0 aliphatic carbocycles. The summed E-state index contributed by atoms with van der Waals surface area (Å²) in [5, 5.41) is 26.9. The van der Waals surface area contributed by atoms with E-state index in [-0.39, 0.29) is 58.6 Å². The Morgan fingerprint density at radius 3 is 2.03 bits per heavy atom. The number of pyridine rings is 1. The molecule has 6 aromatic rings. The largest absolute Gasteiger partial charge is 0.508 e. The Morgan fingerprint density at radius 1 is 0.817 bits per heavy atom. The number of fused-ring (bicyclic) bond motifs is 6. The number of amides is 1. The second-order valence-electron chi connectivity index (χ2n) is 15.3. The van der Waals surface area contributed by atoms with Gasteiger partial charge in [-0.15, -0.1) is 0 Å². The number of phenolic OH excluding ortho intramolecular Hbond substituents is 2. The molecule has 0 saturated heterocycles. The van der Waals surface area contributed by atoms with Crippen LogP contribution < -0.4 is 25.8 Å². The number of methoxy groups -OCH3 is 1. The molecule has 15 nitrogen and oxygen atoms in total.